The van der Waals surface area contributed by atoms with Crippen molar-refractivity contribution in [2.75, 3.05) is 0 Å². The van der Waals surface area contributed by atoms with Gasteiger partial charge in [-0.25, -0.2) is 4.98 Å². The molecule has 0 atom stereocenters. The zero-order valence-electron chi connectivity index (χ0n) is 9.57. The number of hydrogen-bond donors (Lipinski definition) is 2. The second-order valence-electron chi connectivity index (χ2n) is 4.65. The average Bonchev–Trinajstić information content (AvgIpc) is 2.68. The Hall–Kier alpha value is -1.23. The molecule has 0 aromatic carbocycles. The van der Waals surface area contributed by atoms with Crippen molar-refractivity contribution in [2.45, 2.75) is 45.1 Å². The molecule has 3 N–H and O–H groups in total. The molecule has 0 bridgehead atoms. The highest BCUT2D eigenvalue weighted by molar-refractivity contribution is 5.92. The third kappa shape index (κ3) is 2.66. The summed E-state index contributed by atoms with van der Waals surface area (Å²) < 4.78 is 0. The second kappa shape index (κ2) is 4.74. The summed E-state index contributed by atoms with van der Waals surface area (Å²) in [7, 11) is 0. The van der Waals surface area contributed by atoms with Gasteiger partial charge >= 0.3 is 0 Å². The zero-order chi connectivity index (χ0) is 11.5. The topological polar surface area (TPSA) is 84.7 Å². The molecule has 1 fully saturated rings. The number of nitrogens with one attached hydrogen (secondary N) is 1. The Kier molecular flexibility index (Phi) is 3.33. The fourth-order valence-electron chi connectivity index (χ4n) is 2.21. The van der Waals surface area contributed by atoms with E-state index in [1.54, 1.807) is 6.92 Å². The molecule has 1 heterocycles. The van der Waals surface area contributed by atoms with E-state index in [2.05, 4.69) is 15.2 Å². The van der Waals surface area contributed by atoms with Gasteiger partial charge in [-0.2, -0.15) is 5.10 Å². The fourth-order valence-corrected chi connectivity index (χ4v) is 2.21. The van der Waals surface area contributed by atoms with Crippen LogP contribution < -0.4 is 5.73 Å². The lowest BCUT2D eigenvalue weighted by atomic mass is 9.83. The molecule has 1 aliphatic carbocycles. The number of nitrogens with zero attached hydrogens (tertiary/aromatic N) is 2. The SMILES string of the molecule is Cc1nc(C(=O)CC2CCC(N)CC2)n[nH]1. The Balaban J connectivity index is 1.88. The zero-order valence-corrected chi connectivity index (χ0v) is 9.57. The summed E-state index contributed by atoms with van der Waals surface area (Å²) in [5.74, 6) is 1.53. The van der Waals surface area contributed by atoms with E-state index in [4.69, 9.17) is 5.73 Å². The molecule has 1 aliphatic rings. The molecule has 1 saturated carbocycles. The highest BCUT2D eigenvalue weighted by Crippen LogP contribution is 2.26. The van der Waals surface area contributed by atoms with Crippen molar-refractivity contribution >= 4 is 5.78 Å². The lowest BCUT2D eigenvalue weighted by Gasteiger charge is -2.24. The molecule has 16 heavy (non-hydrogen) atoms. The van der Waals surface area contributed by atoms with Crippen molar-refractivity contribution in [1.29, 1.82) is 0 Å². The number of aromatic nitrogens is 3. The molecular weight excluding hydrogens is 204 g/mol. The highest BCUT2D eigenvalue weighted by Gasteiger charge is 2.22. The summed E-state index contributed by atoms with van der Waals surface area (Å²) >= 11 is 0. The Morgan fingerprint density at radius 3 is 2.69 bits per heavy atom. The first-order valence-corrected chi connectivity index (χ1v) is 5.83. The first-order valence-electron chi connectivity index (χ1n) is 5.83. The lowest BCUT2D eigenvalue weighted by molar-refractivity contribution is 0.0938. The van der Waals surface area contributed by atoms with Crippen molar-refractivity contribution in [3.63, 3.8) is 0 Å². The minimum atomic E-state index is 0.0461. The molecular formula is C11H18N4O. The fraction of sp³-hybridized carbons (Fsp3) is 0.727. The van der Waals surface area contributed by atoms with Gasteiger partial charge in [0.05, 0.1) is 0 Å². The van der Waals surface area contributed by atoms with Gasteiger partial charge in [0, 0.05) is 12.5 Å². The van der Waals surface area contributed by atoms with Gasteiger partial charge in [-0.1, -0.05) is 0 Å². The number of aromatic amines is 1. The van der Waals surface area contributed by atoms with Crippen LogP contribution in [-0.2, 0) is 0 Å². The normalized spacial score (nSPS) is 25.6. The third-order valence-corrected chi connectivity index (χ3v) is 3.21. The van der Waals surface area contributed by atoms with Gasteiger partial charge in [0.2, 0.25) is 11.6 Å². The Labute approximate surface area is 94.8 Å². The van der Waals surface area contributed by atoms with E-state index in [1.807, 2.05) is 0 Å². The molecule has 0 amide bonds. The van der Waals surface area contributed by atoms with Gasteiger partial charge in [0.25, 0.3) is 0 Å². The molecule has 0 aliphatic heterocycles. The minimum Gasteiger partial charge on any atom is -0.328 e. The van der Waals surface area contributed by atoms with E-state index < -0.39 is 0 Å². The number of carbonyl (C=O) groups excluding carboxylic acids is 1. The van der Waals surface area contributed by atoms with Crippen LogP contribution in [-0.4, -0.2) is 27.0 Å². The van der Waals surface area contributed by atoms with E-state index in [9.17, 15) is 4.79 Å². The Morgan fingerprint density at radius 2 is 2.12 bits per heavy atom. The molecule has 0 unspecified atom stereocenters. The first kappa shape index (κ1) is 11.3. The third-order valence-electron chi connectivity index (χ3n) is 3.21. The van der Waals surface area contributed by atoms with Crippen LogP contribution in [0.3, 0.4) is 0 Å². The quantitative estimate of drug-likeness (QED) is 0.753. The van der Waals surface area contributed by atoms with Crippen molar-refractivity contribution in [1.82, 2.24) is 15.2 Å². The number of aryl methyl sites for hydroxylation is 1. The first-order chi connectivity index (χ1) is 7.65. The predicted octanol–water partition coefficient (Wildman–Crippen LogP) is 1.20. The summed E-state index contributed by atoms with van der Waals surface area (Å²) in [5, 5.41) is 6.58. The molecule has 1 aromatic rings. The van der Waals surface area contributed by atoms with Gasteiger partial charge < -0.3 is 5.73 Å². The standard InChI is InChI=1S/C11H18N4O/c1-7-13-11(15-14-7)10(16)6-8-2-4-9(12)5-3-8/h8-9H,2-6,12H2,1H3,(H,13,14,15). The van der Waals surface area contributed by atoms with Crippen LogP contribution in [0, 0.1) is 12.8 Å². The predicted molar refractivity (Wildman–Crippen MR) is 60.0 cm³/mol. The van der Waals surface area contributed by atoms with Crippen LogP contribution in [0.2, 0.25) is 0 Å². The maximum absolute atomic E-state index is 11.8. The minimum absolute atomic E-state index is 0.0461. The number of rotatable bonds is 3. The molecule has 5 heteroatoms. The number of carbonyl (C=O) groups is 1. The molecule has 0 radical (unpaired) electrons. The molecule has 1 aromatic heterocycles. The van der Waals surface area contributed by atoms with E-state index in [0.29, 0.717) is 30.0 Å². The number of H-pyrrole nitrogens is 1. The lowest BCUT2D eigenvalue weighted by Crippen LogP contribution is -2.27. The van der Waals surface area contributed by atoms with E-state index in [-0.39, 0.29) is 5.78 Å². The maximum atomic E-state index is 11.8. The van der Waals surface area contributed by atoms with E-state index >= 15 is 0 Å². The van der Waals surface area contributed by atoms with Crippen LogP contribution in [0.4, 0.5) is 0 Å². The van der Waals surface area contributed by atoms with Gasteiger partial charge in [-0.05, 0) is 38.5 Å². The van der Waals surface area contributed by atoms with Gasteiger partial charge in [-0.3, -0.25) is 9.89 Å². The second-order valence-corrected chi connectivity index (χ2v) is 4.65. The number of nitrogens with two attached hydrogens (primary N) is 1. The number of ketones is 1. The maximum Gasteiger partial charge on any atom is 0.217 e. The monoisotopic (exact) mass is 222 g/mol. The Morgan fingerprint density at radius 1 is 1.44 bits per heavy atom. The molecule has 88 valence electrons. The van der Waals surface area contributed by atoms with Crippen molar-refractivity contribution < 1.29 is 4.79 Å². The molecule has 0 spiro atoms. The number of Topliss-reactive ketones (excluding diaryl/α,β-unsaturated/α-hetero) is 1. The average molecular weight is 222 g/mol. The molecule has 2 rings (SSSR count). The van der Waals surface area contributed by atoms with Crippen molar-refractivity contribution in [3.05, 3.63) is 11.6 Å². The summed E-state index contributed by atoms with van der Waals surface area (Å²) in [5.41, 5.74) is 5.83. The molecule has 5 nitrogen and oxygen atoms in total. The van der Waals surface area contributed by atoms with Gasteiger partial charge in [0.15, 0.2) is 0 Å². The smallest absolute Gasteiger partial charge is 0.217 e. The van der Waals surface area contributed by atoms with Crippen LogP contribution in [0.1, 0.15) is 48.5 Å². The van der Waals surface area contributed by atoms with E-state index in [1.165, 1.54) is 0 Å². The van der Waals surface area contributed by atoms with Gasteiger partial charge in [0.1, 0.15) is 5.82 Å². The van der Waals surface area contributed by atoms with Crippen LogP contribution in [0.25, 0.3) is 0 Å². The van der Waals surface area contributed by atoms with Gasteiger partial charge in [-0.15, -0.1) is 0 Å². The Bertz CT molecular complexity index is 366. The van der Waals surface area contributed by atoms with E-state index in [0.717, 1.165) is 25.7 Å². The summed E-state index contributed by atoms with van der Waals surface area (Å²) in [6.45, 7) is 1.80. The summed E-state index contributed by atoms with van der Waals surface area (Å²) in [4.78, 5) is 15.9. The summed E-state index contributed by atoms with van der Waals surface area (Å²) in [6, 6.07) is 0.331. The molecule has 0 saturated heterocycles. The largest absolute Gasteiger partial charge is 0.328 e. The number of hydrogen-bond acceptors (Lipinski definition) is 4. The van der Waals surface area contributed by atoms with Crippen LogP contribution in [0.5, 0.6) is 0 Å². The van der Waals surface area contributed by atoms with Crippen LogP contribution >= 0.6 is 0 Å². The summed E-state index contributed by atoms with van der Waals surface area (Å²) in [6.07, 6.45) is 4.73. The van der Waals surface area contributed by atoms with Crippen molar-refractivity contribution in [3.8, 4) is 0 Å². The van der Waals surface area contributed by atoms with Crippen molar-refractivity contribution in [2.24, 2.45) is 11.7 Å². The highest BCUT2D eigenvalue weighted by atomic mass is 16.1. The van der Waals surface area contributed by atoms with Crippen LogP contribution in [0.15, 0.2) is 0 Å².